The first kappa shape index (κ1) is 15.1. The monoisotopic (exact) mass is 344 g/mol. The minimum absolute atomic E-state index is 0.0695. The van der Waals surface area contributed by atoms with Crippen LogP contribution in [-0.2, 0) is 0 Å². The number of benzene rings is 1. The van der Waals surface area contributed by atoms with E-state index in [1.165, 1.54) is 0 Å². The summed E-state index contributed by atoms with van der Waals surface area (Å²) in [6, 6.07) is 9.71. The molecule has 0 unspecified atom stereocenters. The summed E-state index contributed by atoms with van der Waals surface area (Å²) in [6.07, 6.45) is 1.60. The third-order valence-electron chi connectivity index (χ3n) is 4.28. The molecule has 0 radical (unpaired) electrons. The largest absolute Gasteiger partial charge is 0.492 e. The number of pyridine rings is 1. The molecule has 1 aliphatic rings. The van der Waals surface area contributed by atoms with Crippen LogP contribution in [0.25, 0.3) is 11.0 Å². The third-order valence-corrected chi connectivity index (χ3v) is 4.56. The minimum Gasteiger partial charge on any atom is -0.492 e. The fourth-order valence-corrected chi connectivity index (χ4v) is 3.25. The van der Waals surface area contributed by atoms with Crippen molar-refractivity contribution < 1.29 is 4.74 Å². The van der Waals surface area contributed by atoms with Gasteiger partial charge in [0.25, 0.3) is 0 Å². The smallest absolute Gasteiger partial charge is 0.326 e. The summed E-state index contributed by atoms with van der Waals surface area (Å²) in [6.45, 7) is 3.92. The molecule has 6 nitrogen and oxygen atoms in total. The Morgan fingerprint density at radius 2 is 2.17 bits per heavy atom. The maximum absolute atomic E-state index is 12.2. The van der Waals surface area contributed by atoms with Gasteiger partial charge in [-0.1, -0.05) is 23.7 Å². The maximum Gasteiger partial charge on any atom is 0.326 e. The van der Waals surface area contributed by atoms with Gasteiger partial charge in [-0.05, 0) is 19.1 Å². The molecule has 124 valence electrons. The Labute approximate surface area is 143 Å². The lowest BCUT2D eigenvalue weighted by Crippen LogP contribution is -2.50. The quantitative estimate of drug-likeness (QED) is 0.790. The number of imidazole rings is 1. The number of nitrogens with one attached hydrogen (secondary N) is 1. The standard InChI is InChI=1S/C17H17ClN4O2/c1-2-24-15-7-16(19-8-12(15)18)21-9-11(10-21)22-14-6-4-3-5-13(14)20-17(22)23/h3-8,11H,2,9-10H2,1H3,(H,20,23). The number of aromatic nitrogens is 3. The Bertz CT molecular complexity index is 943. The van der Waals surface area contributed by atoms with Gasteiger partial charge in [0.05, 0.1) is 29.9 Å². The molecule has 7 heteroatoms. The molecule has 24 heavy (non-hydrogen) atoms. The van der Waals surface area contributed by atoms with Crippen LogP contribution in [0.2, 0.25) is 5.02 Å². The van der Waals surface area contributed by atoms with Gasteiger partial charge in [0.15, 0.2) is 0 Å². The molecule has 1 N–H and O–H groups in total. The fourth-order valence-electron chi connectivity index (χ4n) is 3.09. The van der Waals surface area contributed by atoms with Gasteiger partial charge in [0, 0.05) is 19.2 Å². The van der Waals surface area contributed by atoms with E-state index in [-0.39, 0.29) is 11.7 Å². The molecule has 2 aromatic heterocycles. The summed E-state index contributed by atoms with van der Waals surface area (Å²) in [5.74, 6) is 1.45. The lowest BCUT2D eigenvalue weighted by atomic mass is 10.1. The number of hydrogen-bond acceptors (Lipinski definition) is 4. The number of nitrogens with zero attached hydrogens (tertiary/aromatic N) is 3. The van der Waals surface area contributed by atoms with Crippen LogP contribution in [-0.4, -0.2) is 34.2 Å². The molecule has 1 aliphatic heterocycles. The van der Waals surface area contributed by atoms with Crippen molar-refractivity contribution in [3.8, 4) is 5.75 Å². The second-order valence-corrected chi connectivity index (χ2v) is 6.19. The van der Waals surface area contributed by atoms with E-state index in [1.54, 1.807) is 6.20 Å². The second kappa shape index (κ2) is 5.87. The van der Waals surface area contributed by atoms with Gasteiger partial charge in [-0.15, -0.1) is 0 Å². The Morgan fingerprint density at radius 1 is 1.38 bits per heavy atom. The maximum atomic E-state index is 12.2. The number of hydrogen-bond donors (Lipinski definition) is 1. The van der Waals surface area contributed by atoms with Crippen LogP contribution in [0, 0.1) is 0 Å². The highest BCUT2D eigenvalue weighted by Gasteiger charge is 2.31. The minimum atomic E-state index is -0.0695. The van der Waals surface area contributed by atoms with E-state index in [2.05, 4.69) is 14.9 Å². The molecule has 0 bridgehead atoms. The zero-order valence-corrected chi connectivity index (χ0v) is 14.0. The molecule has 0 aliphatic carbocycles. The molecule has 0 amide bonds. The number of para-hydroxylation sites is 2. The summed E-state index contributed by atoms with van der Waals surface area (Å²) < 4.78 is 7.34. The average Bonchev–Trinajstić information content (AvgIpc) is 2.86. The molecule has 4 rings (SSSR count). The SMILES string of the molecule is CCOc1cc(N2CC(n3c(=O)[nH]c4ccccc43)C2)ncc1Cl. The van der Waals surface area contributed by atoms with Crippen LogP contribution >= 0.6 is 11.6 Å². The summed E-state index contributed by atoms with van der Waals surface area (Å²) in [4.78, 5) is 21.6. The summed E-state index contributed by atoms with van der Waals surface area (Å²) in [5.41, 5.74) is 1.73. The topological polar surface area (TPSA) is 63.1 Å². The molecule has 0 saturated carbocycles. The van der Waals surface area contributed by atoms with Crippen molar-refractivity contribution in [2.24, 2.45) is 0 Å². The first-order valence-corrected chi connectivity index (χ1v) is 8.27. The van der Waals surface area contributed by atoms with E-state index in [1.807, 2.05) is 41.8 Å². The van der Waals surface area contributed by atoms with Gasteiger partial charge in [-0.25, -0.2) is 9.78 Å². The van der Waals surface area contributed by atoms with Gasteiger partial charge < -0.3 is 14.6 Å². The Balaban J connectivity index is 1.57. The molecule has 1 fully saturated rings. The van der Waals surface area contributed by atoms with Crippen LogP contribution in [0.3, 0.4) is 0 Å². The number of anilines is 1. The van der Waals surface area contributed by atoms with E-state index in [0.29, 0.717) is 17.4 Å². The molecule has 1 aromatic carbocycles. The van der Waals surface area contributed by atoms with Crippen molar-refractivity contribution >= 4 is 28.5 Å². The molecule has 0 atom stereocenters. The first-order chi connectivity index (χ1) is 11.7. The van der Waals surface area contributed by atoms with Crippen LogP contribution in [0.4, 0.5) is 5.82 Å². The highest BCUT2D eigenvalue weighted by molar-refractivity contribution is 6.32. The number of aromatic amines is 1. The highest BCUT2D eigenvalue weighted by Crippen LogP contribution is 2.32. The van der Waals surface area contributed by atoms with Gasteiger partial charge in [0.2, 0.25) is 0 Å². The zero-order chi connectivity index (χ0) is 16.7. The first-order valence-electron chi connectivity index (χ1n) is 7.90. The summed E-state index contributed by atoms with van der Waals surface area (Å²) >= 11 is 6.08. The van der Waals surface area contributed by atoms with Crippen molar-refractivity contribution in [2.45, 2.75) is 13.0 Å². The van der Waals surface area contributed by atoms with Crippen LogP contribution in [0.15, 0.2) is 41.3 Å². The normalized spacial score (nSPS) is 14.8. The Hall–Kier alpha value is -2.47. The number of H-pyrrole nitrogens is 1. The van der Waals surface area contributed by atoms with Gasteiger partial charge >= 0.3 is 5.69 Å². The van der Waals surface area contributed by atoms with Gasteiger partial charge in [0.1, 0.15) is 16.6 Å². The highest BCUT2D eigenvalue weighted by atomic mass is 35.5. The fraction of sp³-hybridized carbons (Fsp3) is 0.294. The average molecular weight is 345 g/mol. The molecular formula is C17H17ClN4O2. The third kappa shape index (κ3) is 2.43. The Morgan fingerprint density at radius 3 is 2.96 bits per heavy atom. The van der Waals surface area contributed by atoms with Crippen molar-refractivity contribution in [1.82, 2.24) is 14.5 Å². The number of fused-ring (bicyclic) bond motifs is 1. The Kier molecular flexibility index (Phi) is 3.69. The predicted octanol–water partition coefficient (Wildman–Crippen LogP) is 2.84. The van der Waals surface area contributed by atoms with Crippen molar-refractivity contribution in [3.05, 3.63) is 52.0 Å². The van der Waals surface area contributed by atoms with E-state index < -0.39 is 0 Å². The number of ether oxygens (including phenoxy) is 1. The number of rotatable bonds is 4. The van der Waals surface area contributed by atoms with Crippen molar-refractivity contribution in [3.63, 3.8) is 0 Å². The molecule has 1 saturated heterocycles. The lowest BCUT2D eigenvalue weighted by Gasteiger charge is -2.40. The van der Waals surface area contributed by atoms with Crippen molar-refractivity contribution in [2.75, 3.05) is 24.6 Å². The predicted molar refractivity (Wildman–Crippen MR) is 94.2 cm³/mol. The number of halogens is 1. The van der Waals surface area contributed by atoms with Crippen LogP contribution < -0.4 is 15.3 Å². The summed E-state index contributed by atoms with van der Waals surface area (Å²) in [5, 5.41) is 0.505. The molecule has 3 aromatic rings. The van der Waals surface area contributed by atoms with Gasteiger partial charge in [-0.2, -0.15) is 0 Å². The van der Waals surface area contributed by atoms with E-state index in [4.69, 9.17) is 16.3 Å². The van der Waals surface area contributed by atoms with Crippen LogP contribution in [0.5, 0.6) is 5.75 Å². The molecule has 0 spiro atoms. The molecule has 3 heterocycles. The van der Waals surface area contributed by atoms with E-state index in [9.17, 15) is 4.79 Å². The van der Waals surface area contributed by atoms with E-state index in [0.717, 1.165) is 29.9 Å². The zero-order valence-electron chi connectivity index (χ0n) is 13.2. The van der Waals surface area contributed by atoms with E-state index >= 15 is 0 Å². The van der Waals surface area contributed by atoms with Gasteiger partial charge in [-0.3, -0.25) is 4.57 Å². The molecular weight excluding hydrogens is 328 g/mol. The van der Waals surface area contributed by atoms with Crippen molar-refractivity contribution in [1.29, 1.82) is 0 Å². The second-order valence-electron chi connectivity index (χ2n) is 5.78. The lowest BCUT2D eigenvalue weighted by molar-refractivity contribution is 0.339. The van der Waals surface area contributed by atoms with Crippen LogP contribution in [0.1, 0.15) is 13.0 Å². The summed E-state index contributed by atoms with van der Waals surface area (Å²) in [7, 11) is 0.